The highest BCUT2D eigenvalue weighted by atomic mass is 35.5. The van der Waals surface area contributed by atoms with E-state index < -0.39 is 27.8 Å². The number of hydrogen-bond acceptors (Lipinski definition) is 5. The first-order valence-corrected chi connectivity index (χ1v) is 10.6. The molecule has 0 aromatic heterocycles. The fraction of sp³-hybridized carbons (Fsp3) is 0.278. The van der Waals surface area contributed by atoms with Crippen LogP contribution in [0, 0.1) is 5.82 Å². The van der Waals surface area contributed by atoms with E-state index in [0.29, 0.717) is 17.2 Å². The van der Waals surface area contributed by atoms with Gasteiger partial charge in [0.05, 0.1) is 17.0 Å². The number of rotatable bonds is 6. The molecule has 0 bridgehead atoms. The van der Waals surface area contributed by atoms with Crippen molar-refractivity contribution >= 4 is 38.9 Å². The number of sulfonamides is 1. The zero-order chi connectivity index (χ0) is 20.5. The molecule has 0 saturated heterocycles. The van der Waals surface area contributed by atoms with Gasteiger partial charge >= 0.3 is 0 Å². The first kappa shape index (κ1) is 20.2. The van der Waals surface area contributed by atoms with E-state index in [1.807, 2.05) is 0 Å². The van der Waals surface area contributed by atoms with Gasteiger partial charge in [-0.2, -0.15) is 0 Å². The van der Waals surface area contributed by atoms with Crippen LogP contribution >= 0.6 is 11.6 Å². The summed E-state index contributed by atoms with van der Waals surface area (Å²) in [6.07, 6.45) is 1.15. The maximum Gasteiger partial charge on any atom is 0.248 e. The Balaban J connectivity index is 1.91. The summed E-state index contributed by atoms with van der Waals surface area (Å²) in [6.45, 7) is 1.77. The Morgan fingerprint density at radius 2 is 1.96 bits per heavy atom. The van der Waals surface area contributed by atoms with Crippen LogP contribution in [0.5, 0.6) is 11.5 Å². The van der Waals surface area contributed by atoms with Crippen molar-refractivity contribution in [1.29, 1.82) is 0 Å². The van der Waals surface area contributed by atoms with Gasteiger partial charge in [0.15, 0.2) is 11.5 Å². The third kappa shape index (κ3) is 4.15. The van der Waals surface area contributed by atoms with Crippen LogP contribution in [-0.4, -0.2) is 33.4 Å². The highest BCUT2D eigenvalue weighted by molar-refractivity contribution is 7.92. The fourth-order valence-electron chi connectivity index (χ4n) is 2.88. The summed E-state index contributed by atoms with van der Waals surface area (Å²) < 4.78 is 49.7. The van der Waals surface area contributed by atoms with Gasteiger partial charge in [-0.1, -0.05) is 18.5 Å². The highest BCUT2D eigenvalue weighted by Crippen LogP contribution is 2.34. The van der Waals surface area contributed by atoms with Crippen LogP contribution in [0.15, 0.2) is 36.4 Å². The number of nitrogens with one attached hydrogen (secondary N) is 1. The molecule has 0 fully saturated rings. The van der Waals surface area contributed by atoms with Gasteiger partial charge in [0.2, 0.25) is 22.7 Å². The maximum absolute atomic E-state index is 13.5. The normalized spacial score (nSPS) is 13.9. The van der Waals surface area contributed by atoms with Gasteiger partial charge in [0.1, 0.15) is 11.9 Å². The quantitative estimate of drug-likeness (QED) is 0.762. The molecule has 150 valence electrons. The van der Waals surface area contributed by atoms with Crippen LogP contribution in [0.3, 0.4) is 0 Å². The van der Waals surface area contributed by atoms with Crippen molar-refractivity contribution < 1.29 is 27.1 Å². The monoisotopic (exact) mass is 428 g/mol. The number of carbonyl (C=O) groups excluding carboxylic acids is 1. The number of nitrogens with zero attached hydrogens (tertiary/aromatic N) is 1. The second kappa shape index (κ2) is 7.84. The largest absolute Gasteiger partial charge is 0.454 e. The molecule has 1 N–H and O–H groups in total. The standard InChI is InChI=1S/C18H18ClFN2O5S/c1-3-15(18(23)21-11-4-7-16-17(8-11)27-10-26-16)22(28(2,24)25)12-5-6-14(20)13(19)9-12/h4-9,15H,3,10H2,1-2H3,(H,21,23)/t15-/m0/s1. The Morgan fingerprint density at radius 3 is 2.61 bits per heavy atom. The molecule has 0 radical (unpaired) electrons. The number of halogens is 2. The molecule has 1 heterocycles. The van der Waals surface area contributed by atoms with Crippen molar-refractivity contribution in [3.63, 3.8) is 0 Å². The van der Waals surface area contributed by atoms with E-state index in [9.17, 15) is 17.6 Å². The summed E-state index contributed by atoms with van der Waals surface area (Å²) in [5.74, 6) is -0.191. The van der Waals surface area contributed by atoms with Crippen LogP contribution in [-0.2, 0) is 14.8 Å². The Kier molecular flexibility index (Phi) is 5.66. The first-order chi connectivity index (χ1) is 13.2. The molecule has 1 aliphatic rings. The molecule has 0 saturated carbocycles. The summed E-state index contributed by atoms with van der Waals surface area (Å²) in [5.41, 5.74) is 0.528. The van der Waals surface area contributed by atoms with E-state index in [4.69, 9.17) is 21.1 Å². The minimum absolute atomic E-state index is 0.0947. The lowest BCUT2D eigenvalue weighted by atomic mass is 10.1. The molecule has 28 heavy (non-hydrogen) atoms. The minimum Gasteiger partial charge on any atom is -0.454 e. The molecule has 2 aromatic carbocycles. The third-order valence-corrected chi connectivity index (χ3v) is 5.60. The molecular weight excluding hydrogens is 411 g/mol. The molecule has 2 aromatic rings. The smallest absolute Gasteiger partial charge is 0.248 e. The molecular formula is C18H18ClFN2O5S. The average molecular weight is 429 g/mol. The Bertz CT molecular complexity index is 1020. The average Bonchev–Trinajstić information content (AvgIpc) is 3.08. The molecule has 1 atom stereocenters. The van der Waals surface area contributed by atoms with E-state index in [1.165, 1.54) is 12.1 Å². The van der Waals surface area contributed by atoms with Gasteiger partial charge in [-0.15, -0.1) is 0 Å². The van der Waals surface area contributed by atoms with Crippen molar-refractivity contribution in [2.45, 2.75) is 19.4 Å². The van der Waals surface area contributed by atoms with Gasteiger partial charge in [-0.25, -0.2) is 12.8 Å². The van der Waals surface area contributed by atoms with Crippen LogP contribution in [0.25, 0.3) is 0 Å². The van der Waals surface area contributed by atoms with Gasteiger partial charge in [-0.3, -0.25) is 9.10 Å². The Morgan fingerprint density at radius 1 is 1.25 bits per heavy atom. The predicted molar refractivity (Wildman–Crippen MR) is 104 cm³/mol. The fourth-order valence-corrected chi connectivity index (χ4v) is 4.26. The van der Waals surface area contributed by atoms with Gasteiger partial charge in [-0.05, 0) is 36.8 Å². The summed E-state index contributed by atoms with van der Waals surface area (Å²) in [7, 11) is -3.86. The summed E-state index contributed by atoms with van der Waals surface area (Å²) in [6, 6.07) is 7.28. The lowest BCUT2D eigenvalue weighted by Crippen LogP contribution is -2.47. The molecule has 7 nitrogen and oxygen atoms in total. The molecule has 1 amide bonds. The van der Waals surface area contributed by atoms with E-state index in [-0.39, 0.29) is 23.9 Å². The lowest BCUT2D eigenvalue weighted by Gasteiger charge is -2.30. The highest BCUT2D eigenvalue weighted by Gasteiger charge is 2.32. The molecule has 3 rings (SSSR count). The number of benzene rings is 2. The van der Waals surface area contributed by atoms with Crippen LogP contribution < -0.4 is 19.1 Å². The number of anilines is 2. The number of ether oxygens (including phenoxy) is 2. The lowest BCUT2D eigenvalue weighted by molar-refractivity contribution is -0.117. The van der Waals surface area contributed by atoms with Gasteiger partial charge in [0.25, 0.3) is 0 Å². The van der Waals surface area contributed by atoms with Crippen LogP contribution in [0.1, 0.15) is 13.3 Å². The van der Waals surface area contributed by atoms with Crippen LogP contribution in [0.4, 0.5) is 15.8 Å². The second-order valence-electron chi connectivity index (χ2n) is 6.14. The summed E-state index contributed by atoms with van der Waals surface area (Å²) in [5, 5.41) is 2.44. The van der Waals surface area contributed by atoms with Gasteiger partial charge < -0.3 is 14.8 Å². The van der Waals surface area contributed by atoms with E-state index >= 15 is 0 Å². The molecule has 0 aliphatic carbocycles. The Hall–Kier alpha value is -2.52. The van der Waals surface area contributed by atoms with Crippen LogP contribution in [0.2, 0.25) is 5.02 Å². The molecule has 0 unspecified atom stereocenters. The SMILES string of the molecule is CC[C@@H](C(=O)Nc1ccc2c(c1)OCO2)N(c1ccc(F)c(Cl)c1)S(C)(=O)=O. The molecule has 1 aliphatic heterocycles. The number of carbonyl (C=O) groups is 1. The van der Waals surface area contributed by atoms with Crippen molar-refractivity contribution in [2.24, 2.45) is 0 Å². The predicted octanol–water partition coefficient (Wildman–Crippen LogP) is 3.39. The third-order valence-electron chi connectivity index (χ3n) is 4.13. The van der Waals surface area contributed by atoms with E-state index in [2.05, 4.69) is 5.32 Å². The van der Waals surface area contributed by atoms with Crippen molar-refractivity contribution in [2.75, 3.05) is 22.7 Å². The summed E-state index contributed by atoms with van der Waals surface area (Å²) in [4.78, 5) is 12.9. The van der Waals surface area contributed by atoms with E-state index in [0.717, 1.165) is 16.6 Å². The number of fused-ring (bicyclic) bond motifs is 1. The van der Waals surface area contributed by atoms with E-state index in [1.54, 1.807) is 25.1 Å². The Labute approximate surface area is 167 Å². The maximum atomic E-state index is 13.5. The molecule has 0 spiro atoms. The minimum atomic E-state index is -3.86. The van der Waals surface area contributed by atoms with Gasteiger partial charge in [0, 0.05) is 11.8 Å². The zero-order valence-electron chi connectivity index (χ0n) is 15.1. The topological polar surface area (TPSA) is 84.9 Å². The summed E-state index contributed by atoms with van der Waals surface area (Å²) >= 11 is 5.80. The second-order valence-corrected chi connectivity index (χ2v) is 8.41. The molecule has 10 heteroatoms. The zero-order valence-corrected chi connectivity index (χ0v) is 16.7. The van der Waals surface area contributed by atoms with Crippen molar-refractivity contribution in [1.82, 2.24) is 0 Å². The first-order valence-electron chi connectivity index (χ1n) is 8.35. The number of hydrogen-bond donors (Lipinski definition) is 1. The van der Waals surface area contributed by atoms with Crippen molar-refractivity contribution in [3.05, 3.63) is 47.2 Å². The number of amides is 1. The van der Waals surface area contributed by atoms with Crippen molar-refractivity contribution in [3.8, 4) is 11.5 Å².